The molecule has 1 heterocycles. The van der Waals surface area contributed by atoms with Crippen LogP contribution in [0.4, 0.5) is 0 Å². The van der Waals surface area contributed by atoms with E-state index in [1.807, 2.05) is 49.4 Å². The van der Waals surface area contributed by atoms with E-state index < -0.39 is 11.6 Å². The van der Waals surface area contributed by atoms with E-state index in [0.29, 0.717) is 0 Å². The summed E-state index contributed by atoms with van der Waals surface area (Å²) in [6.45, 7) is 1.83. The second-order valence-corrected chi connectivity index (χ2v) is 6.69. The highest BCUT2D eigenvalue weighted by molar-refractivity contribution is 6.17. The highest BCUT2D eigenvalue weighted by Crippen LogP contribution is 2.53. The molecule has 2 nitrogen and oxygen atoms in total. The third-order valence-corrected chi connectivity index (χ3v) is 4.95. The van der Waals surface area contributed by atoms with Crippen molar-refractivity contribution in [2.24, 2.45) is 0 Å². The maximum Gasteiger partial charge on any atom is 0.137 e. The van der Waals surface area contributed by atoms with Crippen LogP contribution in [0.5, 0.6) is 5.75 Å². The van der Waals surface area contributed by atoms with Crippen LogP contribution >= 0.6 is 0 Å². The summed E-state index contributed by atoms with van der Waals surface area (Å²) in [4.78, 5) is 0. The molecule has 2 aliphatic rings. The fourth-order valence-corrected chi connectivity index (χ4v) is 3.92. The Balaban J connectivity index is 1.97. The first-order valence-corrected chi connectivity index (χ1v) is 8.10. The molecule has 1 N–H and O–H groups in total. The molecule has 2 atom stereocenters. The molecule has 5 rings (SSSR count). The van der Waals surface area contributed by atoms with Crippen molar-refractivity contribution in [3.8, 4) is 16.9 Å². The molecule has 0 aromatic heterocycles. The standard InChI is InChI=1S/C21H15BO2/c1-21(22)11-10-16-18-17(12-6-2-4-8-14(12)19(18)23)13-7-3-5-9-15(13)20(16)24-21/h2-11,19,23H,1H3. The van der Waals surface area contributed by atoms with E-state index in [1.165, 1.54) is 0 Å². The van der Waals surface area contributed by atoms with Crippen LogP contribution in [0.3, 0.4) is 0 Å². The number of fused-ring (bicyclic) bond motifs is 8. The lowest BCUT2D eigenvalue weighted by molar-refractivity contribution is 0.215. The highest BCUT2D eigenvalue weighted by atomic mass is 16.5. The van der Waals surface area contributed by atoms with Crippen LogP contribution in [0.2, 0.25) is 0 Å². The van der Waals surface area contributed by atoms with Crippen LogP contribution in [0, 0.1) is 0 Å². The molecular formula is C21H15BO2. The Labute approximate surface area is 141 Å². The number of benzene rings is 3. The first-order valence-electron chi connectivity index (χ1n) is 8.10. The summed E-state index contributed by atoms with van der Waals surface area (Å²) < 4.78 is 6.08. The van der Waals surface area contributed by atoms with Gasteiger partial charge in [0.15, 0.2) is 0 Å². The Bertz CT molecular complexity index is 1030. The lowest BCUT2D eigenvalue weighted by atomic mass is 9.79. The summed E-state index contributed by atoms with van der Waals surface area (Å²) in [5, 5.41) is 13.1. The second-order valence-electron chi connectivity index (χ2n) is 6.69. The molecule has 3 aromatic rings. The predicted molar refractivity (Wildman–Crippen MR) is 97.3 cm³/mol. The molecule has 24 heavy (non-hydrogen) atoms. The normalized spacial score (nSPS) is 23.5. The number of ether oxygens (including phenoxy) is 1. The topological polar surface area (TPSA) is 29.5 Å². The molecule has 114 valence electrons. The third kappa shape index (κ3) is 1.71. The van der Waals surface area contributed by atoms with Crippen LogP contribution in [0.15, 0.2) is 54.6 Å². The molecule has 3 heteroatoms. The van der Waals surface area contributed by atoms with E-state index in [2.05, 4.69) is 18.2 Å². The summed E-state index contributed by atoms with van der Waals surface area (Å²) in [5.74, 6) is 0.753. The van der Waals surface area contributed by atoms with Crippen molar-refractivity contribution in [2.75, 3.05) is 0 Å². The van der Waals surface area contributed by atoms with E-state index >= 15 is 0 Å². The Morgan fingerprint density at radius 3 is 2.58 bits per heavy atom. The fraction of sp³-hybridized carbons (Fsp3) is 0.143. The van der Waals surface area contributed by atoms with Crippen molar-refractivity contribution in [1.82, 2.24) is 0 Å². The zero-order valence-electron chi connectivity index (χ0n) is 13.3. The van der Waals surface area contributed by atoms with Crippen LogP contribution in [0.1, 0.15) is 29.7 Å². The summed E-state index contributed by atoms with van der Waals surface area (Å²) in [6, 6.07) is 16.2. The summed E-state index contributed by atoms with van der Waals surface area (Å²) in [6.07, 6.45) is 3.18. The van der Waals surface area contributed by atoms with Crippen molar-refractivity contribution < 1.29 is 9.84 Å². The molecular weight excluding hydrogens is 295 g/mol. The Hall–Kier alpha value is -2.52. The molecule has 0 bridgehead atoms. The number of rotatable bonds is 0. The molecule has 2 radical (unpaired) electrons. The molecule has 2 unspecified atom stereocenters. The third-order valence-electron chi connectivity index (χ3n) is 4.95. The van der Waals surface area contributed by atoms with Crippen molar-refractivity contribution >= 4 is 24.7 Å². The molecule has 0 saturated heterocycles. The van der Waals surface area contributed by atoms with Crippen molar-refractivity contribution in [3.05, 3.63) is 71.3 Å². The lowest BCUT2D eigenvalue weighted by Crippen LogP contribution is -2.32. The Kier molecular flexibility index (Phi) is 2.61. The van der Waals surface area contributed by atoms with Gasteiger partial charge in [0.1, 0.15) is 19.7 Å². The van der Waals surface area contributed by atoms with Gasteiger partial charge in [0.05, 0.1) is 5.50 Å². The molecule has 1 aliphatic carbocycles. The summed E-state index contributed by atoms with van der Waals surface area (Å²) in [7, 11) is 6.18. The van der Waals surface area contributed by atoms with E-state index in [-0.39, 0.29) is 0 Å². The summed E-state index contributed by atoms with van der Waals surface area (Å²) >= 11 is 0. The van der Waals surface area contributed by atoms with Crippen LogP contribution in [-0.2, 0) is 0 Å². The lowest BCUT2D eigenvalue weighted by Gasteiger charge is -2.31. The van der Waals surface area contributed by atoms with E-state index in [0.717, 1.165) is 44.3 Å². The molecule has 0 fully saturated rings. The minimum absolute atomic E-state index is 0.648. The van der Waals surface area contributed by atoms with Gasteiger partial charge < -0.3 is 9.84 Å². The van der Waals surface area contributed by atoms with E-state index in [1.54, 1.807) is 0 Å². The molecule has 0 saturated carbocycles. The van der Waals surface area contributed by atoms with Gasteiger partial charge >= 0.3 is 0 Å². The van der Waals surface area contributed by atoms with Gasteiger partial charge in [-0.15, -0.1) is 0 Å². The fourth-order valence-electron chi connectivity index (χ4n) is 3.92. The van der Waals surface area contributed by atoms with E-state index in [9.17, 15) is 5.11 Å². The van der Waals surface area contributed by atoms with Crippen LogP contribution in [0.25, 0.3) is 28.0 Å². The Morgan fingerprint density at radius 2 is 1.75 bits per heavy atom. The maximum absolute atomic E-state index is 11.0. The van der Waals surface area contributed by atoms with Crippen molar-refractivity contribution in [1.29, 1.82) is 0 Å². The van der Waals surface area contributed by atoms with Gasteiger partial charge in [-0.25, -0.2) is 0 Å². The maximum atomic E-state index is 11.0. The second kappa shape index (κ2) is 4.52. The number of hydrogen-bond acceptors (Lipinski definition) is 2. The van der Waals surface area contributed by atoms with Gasteiger partial charge in [-0.2, -0.15) is 0 Å². The number of aliphatic hydroxyl groups excluding tert-OH is 1. The number of hydrogen-bond donors (Lipinski definition) is 1. The van der Waals surface area contributed by atoms with Crippen molar-refractivity contribution in [2.45, 2.75) is 18.5 Å². The largest absolute Gasteiger partial charge is 0.492 e. The minimum atomic E-state index is -0.847. The zero-order valence-corrected chi connectivity index (χ0v) is 13.3. The summed E-state index contributed by atoms with van der Waals surface area (Å²) in [5.41, 5.74) is 4.13. The SMILES string of the molecule is [B]C1(C)C=Cc2c3c(c4ccccc4c2O1)-c1ccccc1C3O. The average molecular weight is 310 g/mol. The molecule has 3 aromatic carbocycles. The van der Waals surface area contributed by atoms with Gasteiger partial charge in [0.25, 0.3) is 0 Å². The first kappa shape index (κ1) is 13.9. The van der Waals surface area contributed by atoms with Crippen molar-refractivity contribution in [3.63, 3.8) is 0 Å². The molecule has 0 spiro atoms. The number of aliphatic hydroxyl groups is 1. The van der Waals surface area contributed by atoms with Gasteiger partial charge in [0, 0.05) is 16.5 Å². The highest BCUT2D eigenvalue weighted by Gasteiger charge is 2.35. The average Bonchev–Trinajstić information content (AvgIpc) is 2.88. The van der Waals surface area contributed by atoms with Gasteiger partial charge in [-0.05, 0) is 29.0 Å². The monoisotopic (exact) mass is 310 g/mol. The van der Waals surface area contributed by atoms with Gasteiger partial charge in [-0.1, -0.05) is 60.7 Å². The molecule has 1 aliphatic heterocycles. The first-order chi connectivity index (χ1) is 11.6. The molecule has 0 amide bonds. The van der Waals surface area contributed by atoms with Gasteiger partial charge in [0.2, 0.25) is 0 Å². The predicted octanol–water partition coefficient (Wildman–Crippen LogP) is 4.19. The van der Waals surface area contributed by atoms with Gasteiger partial charge in [-0.3, -0.25) is 0 Å². The Morgan fingerprint density at radius 1 is 1.04 bits per heavy atom. The van der Waals surface area contributed by atoms with Crippen LogP contribution < -0.4 is 4.74 Å². The van der Waals surface area contributed by atoms with E-state index in [4.69, 9.17) is 12.6 Å². The minimum Gasteiger partial charge on any atom is -0.492 e. The zero-order chi connectivity index (χ0) is 16.5. The van der Waals surface area contributed by atoms with Crippen LogP contribution in [-0.4, -0.2) is 18.5 Å². The quantitative estimate of drug-likeness (QED) is 0.631. The smallest absolute Gasteiger partial charge is 0.137 e.